The van der Waals surface area contributed by atoms with Crippen molar-refractivity contribution in [3.05, 3.63) is 23.2 Å². The predicted molar refractivity (Wildman–Crippen MR) is 99.6 cm³/mol. The Labute approximate surface area is 155 Å². The fourth-order valence-corrected chi connectivity index (χ4v) is 4.05. The van der Waals surface area contributed by atoms with Gasteiger partial charge < -0.3 is 10.1 Å². The Morgan fingerprint density at radius 2 is 1.88 bits per heavy atom. The van der Waals surface area contributed by atoms with Gasteiger partial charge in [0.15, 0.2) is 6.61 Å². The van der Waals surface area contributed by atoms with E-state index in [1.54, 1.807) is 13.8 Å². The smallest absolute Gasteiger partial charge is 0.257 e. The molecule has 1 N–H and O–H groups in total. The molecule has 0 bridgehead atoms. The van der Waals surface area contributed by atoms with E-state index < -0.39 is 10.0 Å². The minimum Gasteiger partial charge on any atom is -0.482 e. The zero-order valence-corrected chi connectivity index (χ0v) is 16.6. The van der Waals surface area contributed by atoms with Crippen LogP contribution in [0.2, 0.25) is 5.02 Å². The number of sulfonamides is 1. The molecule has 8 heteroatoms. The highest BCUT2D eigenvalue weighted by Crippen LogP contribution is 2.28. The maximum atomic E-state index is 12.5. The van der Waals surface area contributed by atoms with E-state index in [9.17, 15) is 13.2 Å². The molecule has 0 unspecified atom stereocenters. The molecule has 0 saturated carbocycles. The SMILES string of the molecule is CCCCCNC(=O)COc1ccc(S(=O)(=O)N(CC)CC)cc1Cl. The first kappa shape index (κ1) is 21.7. The summed E-state index contributed by atoms with van der Waals surface area (Å²) in [6, 6.07) is 4.26. The number of unbranched alkanes of at least 4 members (excludes halogenated alkanes) is 2. The van der Waals surface area contributed by atoms with Gasteiger partial charge in [-0.2, -0.15) is 4.31 Å². The Hall–Kier alpha value is -1.31. The van der Waals surface area contributed by atoms with Crippen molar-refractivity contribution in [2.75, 3.05) is 26.2 Å². The maximum absolute atomic E-state index is 12.5. The van der Waals surface area contributed by atoms with Crippen molar-refractivity contribution in [3.63, 3.8) is 0 Å². The van der Waals surface area contributed by atoms with E-state index in [4.69, 9.17) is 16.3 Å². The van der Waals surface area contributed by atoms with Gasteiger partial charge >= 0.3 is 0 Å². The number of amides is 1. The molecule has 0 aliphatic heterocycles. The Morgan fingerprint density at radius 3 is 2.44 bits per heavy atom. The van der Waals surface area contributed by atoms with Crippen LogP contribution in [0.1, 0.15) is 40.0 Å². The van der Waals surface area contributed by atoms with Crippen molar-refractivity contribution in [2.24, 2.45) is 0 Å². The summed E-state index contributed by atoms with van der Waals surface area (Å²) in [6.45, 7) is 6.87. The number of ether oxygens (including phenoxy) is 1. The summed E-state index contributed by atoms with van der Waals surface area (Å²) in [5, 5.41) is 2.92. The van der Waals surface area contributed by atoms with Crippen LogP contribution in [0.25, 0.3) is 0 Å². The molecule has 1 aromatic rings. The number of nitrogens with one attached hydrogen (secondary N) is 1. The van der Waals surface area contributed by atoms with Gasteiger partial charge in [-0.15, -0.1) is 0 Å². The third-order valence-corrected chi connectivity index (χ3v) is 6.05. The van der Waals surface area contributed by atoms with Crippen molar-refractivity contribution in [3.8, 4) is 5.75 Å². The molecule has 142 valence electrons. The Balaban J connectivity index is 2.69. The second-order valence-corrected chi connectivity index (χ2v) is 7.87. The lowest BCUT2D eigenvalue weighted by Gasteiger charge is -2.19. The number of hydrogen-bond acceptors (Lipinski definition) is 4. The number of hydrogen-bond donors (Lipinski definition) is 1. The first-order valence-electron chi connectivity index (χ1n) is 8.55. The Kier molecular flexibility index (Phi) is 9.24. The molecule has 0 aliphatic rings. The summed E-state index contributed by atoms with van der Waals surface area (Å²) in [5.41, 5.74) is 0. The van der Waals surface area contributed by atoms with Crippen LogP contribution in [0.5, 0.6) is 5.75 Å². The number of carbonyl (C=O) groups excluding carboxylic acids is 1. The van der Waals surface area contributed by atoms with E-state index in [2.05, 4.69) is 12.2 Å². The largest absolute Gasteiger partial charge is 0.482 e. The highest BCUT2D eigenvalue weighted by Gasteiger charge is 2.22. The molecule has 0 heterocycles. The number of rotatable bonds is 11. The molecule has 6 nitrogen and oxygen atoms in total. The zero-order valence-electron chi connectivity index (χ0n) is 15.0. The first-order chi connectivity index (χ1) is 11.9. The van der Waals surface area contributed by atoms with E-state index >= 15 is 0 Å². The van der Waals surface area contributed by atoms with Crippen LogP contribution in [0.4, 0.5) is 0 Å². The minimum atomic E-state index is -3.58. The molecule has 0 saturated heterocycles. The van der Waals surface area contributed by atoms with E-state index in [-0.39, 0.29) is 28.2 Å². The molecule has 0 spiro atoms. The van der Waals surface area contributed by atoms with Gasteiger partial charge in [-0.1, -0.05) is 45.2 Å². The summed E-state index contributed by atoms with van der Waals surface area (Å²) in [7, 11) is -3.58. The van der Waals surface area contributed by atoms with Gasteiger partial charge in [0.1, 0.15) is 5.75 Å². The monoisotopic (exact) mass is 390 g/mol. The lowest BCUT2D eigenvalue weighted by atomic mass is 10.2. The molecule has 0 aromatic heterocycles. The third-order valence-electron chi connectivity index (χ3n) is 3.71. The van der Waals surface area contributed by atoms with Gasteiger partial charge in [0, 0.05) is 19.6 Å². The predicted octanol–water partition coefficient (Wildman–Crippen LogP) is 3.06. The Morgan fingerprint density at radius 1 is 1.20 bits per heavy atom. The zero-order chi connectivity index (χ0) is 18.9. The van der Waals surface area contributed by atoms with E-state index in [0.29, 0.717) is 19.6 Å². The van der Waals surface area contributed by atoms with Crippen LogP contribution >= 0.6 is 11.6 Å². The summed E-state index contributed by atoms with van der Waals surface area (Å²) in [5.74, 6) is 0.0517. The number of carbonyl (C=O) groups is 1. The summed E-state index contributed by atoms with van der Waals surface area (Å²) >= 11 is 6.12. The summed E-state index contributed by atoms with van der Waals surface area (Å²) < 4.78 is 31.6. The summed E-state index contributed by atoms with van der Waals surface area (Å²) in [4.78, 5) is 11.8. The lowest BCUT2D eigenvalue weighted by Crippen LogP contribution is -2.30. The minimum absolute atomic E-state index is 0.109. The van der Waals surface area contributed by atoms with Crippen LogP contribution in [0.3, 0.4) is 0 Å². The van der Waals surface area contributed by atoms with Gasteiger partial charge in [0.25, 0.3) is 5.91 Å². The quantitative estimate of drug-likeness (QED) is 0.589. The van der Waals surface area contributed by atoms with Gasteiger partial charge in [-0.25, -0.2) is 8.42 Å². The normalized spacial score (nSPS) is 11.6. The molecule has 0 atom stereocenters. The fourth-order valence-electron chi connectivity index (χ4n) is 2.27. The summed E-state index contributed by atoms with van der Waals surface area (Å²) in [6.07, 6.45) is 3.08. The van der Waals surface area contributed by atoms with E-state index in [0.717, 1.165) is 19.3 Å². The number of nitrogens with zero attached hydrogens (tertiary/aromatic N) is 1. The number of benzene rings is 1. The fraction of sp³-hybridized carbons (Fsp3) is 0.588. The molecule has 1 amide bonds. The average molecular weight is 391 g/mol. The van der Waals surface area contributed by atoms with Gasteiger partial charge in [-0.3, -0.25) is 4.79 Å². The van der Waals surface area contributed by atoms with E-state index in [1.165, 1.54) is 22.5 Å². The third kappa shape index (κ3) is 6.49. The molecule has 1 aromatic carbocycles. The van der Waals surface area contributed by atoms with Crippen LogP contribution in [0, 0.1) is 0 Å². The average Bonchev–Trinajstić information content (AvgIpc) is 2.58. The van der Waals surface area contributed by atoms with Crippen LogP contribution in [-0.2, 0) is 14.8 Å². The Bertz CT molecular complexity index is 661. The topological polar surface area (TPSA) is 75.7 Å². The lowest BCUT2D eigenvalue weighted by molar-refractivity contribution is -0.123. The second kappa shape index (κ2) is 10.6. The molecule has 1 rings (SSSR count). The first-order valence-corrected chi connectivity index (χ1v) is 10.4. The van der Waals surface area contributed by atoms with Gasteiger partial charge in [-0.05, 0) is 24.6 Å². The van der Waals surface area contributed by atoms with Gasteiger partial charge in [0.2, 0.25) is 10.0 Å². The van der Waals surface area contributed by atoms with Crippen LogP contribution in [0.15, 0.2) is 23.1 Å². The molecule has 0 radical (unpaired) electrons. The molecule has 0 fully saturated rings. The van der Waals surface area contributed by atoms with Crippen molar-refractivity contribution in [1.82, 2.24) is 9.62 Å². The molecular formula is C17H27ClN2O4S. The molecular weight excluding hydrogens is 364 g/mol. The highest BCUT2D eigenvalue weighted by molar-refractivity contribution is 7.89. The van der Waals surface area contributed by atoms with Gasteiger partial charge in [0.05, 0.1) is 9.92 Å². The molecule has 0 aliphatic carbocycles. The second-order valence-electron chi connectivity index (χ2n) is 5.53. The highest BCUT2D eigenvalue weighted by atomic mass is 35.5. The van der Waals surface area contributed by atoms with Crippen LogP contribution in [-0.4, -0.2) is 44.9 Å². The van der Waals surface area contributed by atoms with Crippen LogP contribution < -0.4 is 10.1 Å². The maximum Gasteiger partial charge on any atom is 0.257 e. The van der Waals surface area contributed by atoms with E-state index in [1.807, 2.05) is 0 Å². The van der Waals surface area contributed by atoms with Crippen molar-refractivity contribution in [1.29, 1.82) is 0 Å². The van der Waals surface area contributed by atoms with Crippen molar-refractivity contribution in [2.45, 2.75) is 44.9 Å². The standard InChI is InChI=1S/C17H27ClN2O4S/c1-4-7-8-11-19-17(21)13-24-16-10-9-14(12-15(16)18)25(22,23)20(5-2)6-3/h9-10,12H,4-8,11,13H2,1-3H3,(H,19,21). The number of halogens is 1. The molecule has 25 heavy (non-hydrogen) atoms. The van der Waals surface area contributed by atoms with Crippen molar-refractivity contribution < 1.29 is 17.9 Å². The van der Waals surface area contributed by atoms with Crippen molar-refractivity contribution >= 4 is 27.5 Å².